The second kappa shape index (κ2) is 10.9. The number of hydrogen-bond acceptors (Lipinski definition) is 4. The van der Waals surface area contributed by atoms with Crippen LogP contribution in [0.25, 0.3) is 6.08 Å². The average Bonchev–Trinajstić information content (AvgIpc) is 2.77. The van der Waals surface area contributed by atoms with Gasteiger partial charge in [-0.3, -0.25) is 4.79 Å². The lowest BCUT2D eigenvalue weighted by molar-refractivity contribution is -0.112. The van der Waals surface area contributed by atoms with Gasteiger partial charge in [-0.2, -0.15) is 5.26 Å². The second-order valence-corrected chi connectivity index (χ2v) is 7.84. The summed E-state index contributed by atoms with van der Waals surface area (Å²) < 4.78 is 10.8. The molecule has 0 aromatic heterocycles. The van der Waals surface area contributed by atoms with Crippen LogP contribution in [0.15, 0.2) is 66.2 Å². The van der Waals surface area contributed by atoms with Gasteiger partial charge in [-0.1, -0.05) is 46.9 Å². The minimum Gasteiger partial charge on any atom is -0.497 e. The number of nitriles is 1. The molecule has 3 aromatic carbocycles. The highest BCUT2D eigenvalue weighted by Gasteiger charge is 2.13. The summed E-state index contributed by atoms with van der Waals surface area (Å²) in [6.45, 7) is 0.225. The minimum atomic E-state index is -0.564. The molecule has 3 aromatic rings. The van der Waals surface area contributed by atoms with Crippen LogP contribution in [-0.4, -0.2) is 13.0 Å². The van der Waals surface area contributed by atoms with E-state index < -0.39 is 5.91 Å². The number of ether oxygens (including phenoxy) is 2. The highest BCUT2D eigenvalue weighted by atomic mass is 35.5. The first-order chi connectivity index (χ1) is 15.4. The first-order valence-corrected chi connectivity index (χ1v) is 10.5. The minimum absolute atomic E-state index is 0.111. The second-order valence-electron chi connectivity index (χ2n) is 6.58. The van der Waals surface area contributed by atoms with E-state index in [-0.39, 0.29) is 22.2 Å². The van der Waals surface area contributed by atoms with Crippen molar-refractivity contribution in [3.63, 3.8) is 0 Å². The fourth-order valence-corrected chi connectivity index (χ4v) is 3.60. The topological polar surface area (TPSA) is 71.3 Å². The third-order valence-corrected chi connectivity index (χ3v) is 5.11. The number of benzene rings is 3. The molecule has 0 aliphatic heterocycles. The van der Waals surface area contributed by atoms with Gasteiger partial charge in [0.15, 0.2) is 5.75 Å². The van der Waals surface area contributed by atoms with Crippen LogP contribution in [0, 0.1) is 11.3 Å². The molecule has 0 bridgehead atoms. The number of anilines is 1. The summed E-state index contributed by atoms with van der Waals surface area (Å²) in [5.41, 5.74) is 1.76. The highest BCUT2D eigenvalue weighted by molar-refractivity contribution is 6.37. The molecule has 0 spiro atoms. The molecule has 0 heterocycles. The van der Waals surface area contributed by atoms with Crippen molar-refractivity contribution >= 4 is 52.5 Å². The van der Waals surface area contributed by atoms with Gasteiger partial charge in [-0.25, -0.2) is 0 Å². The van der Waals surface area contributed by atoms with E-state index in [1.807, 2.05) is 18.2 Å². The van der Waals surface area contributed by atoms with Crippen LogP contribution in [0.1, 0.15) is 11.1 Å². The van der Waals surface area contributed by atoms with Crippen molar-refractivity contribution in [1.82, 2.24) is 0 Å². The Balaban J connectivity index is 1.75. The lowest BCUT2D eigenvalue weighted by Gasteiger charge is -2.11. The molecule has 1 N–H and O–H groups in total. The number of methoxy groups -OCH3 is 1. The normalized spacial score (nSPS) is 10.9. The van der Waals surface area contributed by atoms with Crippen molar-refractivity contribution in [1.29, 1.82) is 5.26 Å². The number of nitrogens with zero attached hydrogens (tertiary/aromatic N) is 1. The number of halogens is 3. The standard InChI is InChI=1S/C24H17Cl3N2O3/c1-31-20-7-5-19(6-8-20)29-24(30)17(13-28)9-16-11-21(26)23(22(27)12-16)32-14-15-3-2-4-18(25)10-15/h2-12H,14H2,1H3,(H,29,30)/b17-9+. The number of nitrogens with one attached hydrogen (secondary N) is 1. The summed E-state index contributed by atoms with van der Waals surface area (Å²) in [4.78, 5) is 12.5. The van der Waals surface area contributed by atoms with E-state index >= 15 is 0 Å². The van der Waals surface area contributed by atoms with Crippen molar-refractivity contribution < 1.29 is 14.3 Å². The molecular formula is C24H17Cl3N2O3. The third kappa shape index (κ3) is 6.18. The van der Waals surface area contributed by atoms with Gasteiger partial charge < -0.3 is 14.8 Å². The van der Waals surface area contributed by atoms with Gasteiger partial charge in [0.05, 0.1) is 17.2 Å². The van der Waals surface area contributed by atoms with Gasteiger partial charge in [0, 0.05) is 10.7 Å². The van der Waals surface area contributed by atoms with E-state index in [0.29, 0.717) is 27.8 Å². The smallest absolute Gasteiger partial charge is 0.266 e. The van der Waals surface area contributed by atoms with E-state index in [9.17, 15) is 10.1 Å². The summed E-state index contributed by atoms with van der Waals surface area (Å²) in [7, 11) is 1.55. The average molecular weight is 488 g/mol. The van der Waals surface area contributed by atoms with Crippen molar-refractivity contribution in [2.75, 3.05) is 12.4 Å². The molecular weight excluding hydrogens is 471 g/mol. The molecule has 8 heteroatoms. The quantitative estimate of drug-likeness (QED) is 0.294. The van der Waals surface area contributed by atoms with E-state index in [0.717, 1.165) is 5.56 Å². The Morgan fingerprint density at radius 3 is 2.34 bits per heavy atom. The Hall–Kier alpha value is -3.17. The number of amides is 1. The SMILES string of the molecule is COc1ccc(NC(=O)/C(C#N)=C/c2cc(Cl)c(OCc3cccc(Cl)c3)c(Cl)c2)cc1. The zero-order chi connectivity index (χ0) is 23.1. The number of carbonyl (C=O) groups is 1. The first kappa shape index (κ1) is 23.5. The van der Waals surface area contributed by atoms with Gasteiger partial charge in [0.25, 0.3) is 5.91 Å². The first-order valence-electron chi connectivity index (χ1n) is 9.33. The summed E-state index contributed by atoms with van der Waals surface area (Å²) >= 11 is 18.7. The largest absolute Gasteiger partial charge is 0.497 e. The van der Waals surface area contributed by atoms with E-state index in [2.05, 4.69) is 5.32 Å². The lowest BCUT2D eigenvalue weighted by atomic mass is 10.1. The zero-order valence-corrected chi connectivity index (χ0v) is 19.1. The maximum absolute atomic E-state index is 12.5. The van der Waals surface area contributed by atoms with E-state index in [1.54, 1.807) is 55.6 Å². The highest BCUT2D eigenvalue weighted by Crippen LogP contribution is 2.35. The predicted octanol–water partition coefficient (Wildman–Crippen LogP) is 6.78. The summed E-state index contributed by atoms with van der Waals surface area (Å²) in [6, 6.07) is 19.0. The predicted molar refractivity (Wildman–Crippen MR) is 127 cm³/mol. The molecule has 0 aliphatic carbocycles. The zero-order valence-electron chi connectivity index (χ0n) is 16.9. The van der Waals surface area contributed by atoms with Crippen LogP contribution in [-0.2, 0) is 11.4 Å². The molecule has 0 radical (unpaired) electrons. The molecule has 0 saturated carbocycles. The van der Waals surface area contributed by atoms with Crippen molar-refractivity contribution in [2.24, 2.45) is 0 Å². The fourth-order valence-electron chi connectivity index (χ4n) is 2.77. The molecule has 5 nitrogen and oxygen atoms in total. The molecule has 3 rings (SSSR count). The fraction of sp³-hybridized carbons (Fsp3) is 0.0833. The van der Waals surface area contributed by atoms with Gasteiger partial charge in [0.1, 0.15) is 24.0 Å². The Morgan fingerprint density at radius 2 is 1.75 bits per heavy atom. The van der Waals surface area contributed by atoms with Gasteiger partial charge in [-0.15, -0.1) is 0 Å². The Bertz CT molecular complexity index is 1180. The molecule has 0 unspecified atom stereocenters. The van der Waals surface area contributed by atoms with Crippen LogP contribution in [0.2, 0.25) is 15.1 Å². The third-order valence-electron chi connectivity index (χ3n) is 4.32. The maximum Gasteiger partial charge on any atom is 0.266 e. The molecule has 0 aliphatic rings. The van der Waals surface area contributed by atoms with Crippen LogP contribution in [0.4, 0.5) is 5.69 Å². The summed E-state index contributed by atoms with van der Waals surface area (Å²) in [6.07, 6.45) is 1.40. The van der Waals surface area contributed by atoms with Gasteiger partial charge in [0.2, 0.25) is 0 Å². The van der Waals surface area contributed by atoms with E-state index in [4.69, 9.17) is 44.3 Å². The lowest BCUT2D eigenvalue weighted by Crippen LogP contribution is -2.13. The Kier molecular flexibility index (Phi) is 8.02. The number of carbonyl (C=O) groups excluding carboxylic acids is 1. The number of hydrogen-bond donors (Lipinski definition) is 1. The molecule has 1 amide bonds. The molecule has 32 heavy (non-hydrogen) atoms. The number of rotatable bonds is 7. The molecule has 0 saturated heterocycles. The Morgan fingerprint density at radius 1 is 1.06 bits per heavy atom. The van der Waals surface area contributed by atoms with Gasteiger partial charge >= 0.3 is 0 Å². The van der Waals surface area contributed by atoms with Crippen LogP contribution in [0.3, 0.4) is 0 Å². The van der Waals surface area contributed by atoms with Crippen molar-refractivity contribution in [3.05, 3.63) is 92.4 Å². The summed E-state index contributed by atoms with van der Waals surface area (Å²) in [5.74, 6) is 0.388. The molecule has 0 fully saturated rings. The monoisotopic (exact) mass is 486 g/mol. The van der Waals surface area contributed by atoms with Gasteiger partial charge in [-0.05, 0) is 65.7 Å². The van der Waals surface area contributed by atoms with Crippen LogP contribution < -0.4 is 14.8 Å². The molecule has 0 atom stereocenters. The van der Waals surface area contributed by atoms with Crippen LogP contribution in [0.5, 0.6) is 11.5 Å². The van der Waals surface area contributed by atoms with Crippen molar-refractivity contribution in [3.8, 4) is 17.6 Å². The Labute approximate surface area is 200 Å². The summed E-state index contributed by atoms with van der Waals surface area (Å²) in [5, 5.41) is 13.2. The maximum atomic E-state index is 12.5. The van der Waals surface area contributed by atoms with Crippen molar-refractivity contribution in [2.45, 2.75) is 6.61 Å². The van der Waals surface area contributed by atoms with Crippen LogP contribution >= 0.6 is 34.8 Å². The van der Waals surface area contributed by atoms with E-state index in [1.165, 1.54) is 6.08 Å². The molecule has 162 valence electrons.